The van der Waals surface area contributed by atoms with Crippen molar-refractivity contribution in [2.75, 3.05) is 27.7 Å². The van der Waals surface area contributed by atoms with Crippen LogP contribution in [0.3, 0.4) is 0 Å². The number of halogens is 1. The average molecular weight is 391 g/mol. The van der Waals surface area contributed by atoms with E-state index in [0.29, 0.717) is 6.42 Å². The predicted octanol–water partition coefficient (Wildman–Crippen LogP) is 4.17. The largest absolute Gasteiger partial charge is 0.497 e. The van der Waals surface area contributed by atoms with Crippen molar-refractivity contribution in [2.24, 2.45) is 0 Å². The molecule has 0 aliphatic heterocycles. The number of hydrogen-bond donors (Lipinski definition) is 1. The molecule has 0 aliphatic rings. The third-order valence-electron chi connectivity index (χ3n) is 4.48. The van der Waals surface area contributed by atoms with Gasteiger partial charge in [-0.3, -0.25) is 4.79 Å². The summed E-state index contributed by atoms with van der Waals surface area (Å²) in [5.41, 5.74) is 3.53. The molecule has 0 bridgehead atoms. The van der Waals surface area contributed by atoms with Crippen LogP contribution in [0.2, 0.25) is 0 Å². The van der Waals surface area contributed by atoms with E-state index in [0.717, 1.165) is 36.3 Å². The molecule has 0 heterocycles. The highest BCUT2D eigenvalue weighted by molar-refractivity contribution is 5.85. The first-order valence-corrected chi connectivity index (χ1v) is 9.11. The first kappa shape index (κ1) is 23.0. The molecular formula is C22H31ClN2O2. The standard InChI is InChI=1S/C22H30N2O2.ClH/c1-17-5-10-19(11-6-17)21(15-16-24(2)3)23-22(25)14-9-18-7-12-20(26-4)13-8-18;/h5-8,10-13,21H,9,14-16H2,1-4H3,(H,23,25);1H. The molecule has 1 amide bonds. The fraction of sp³-hybridized carbons (Fsp3) is 0.409. The van der Waals surface area contributed by atoms with E-state index in [9.17, 15) is 4.79 Å². The number of hydrogen-bond acceptors (Lipinski definition) is 3. The van der Waals surface area contributed by atoms with Crippen molar-refractivity contribution in [1.29, 1.82) is 0 Å². The van der Waals surface area contributed by atoms with Gasteiger partial charge in [-0.15, -0.1) is 12.4 Å². The molecule has 5 heteroatoms. The minimum absolute atomic E-state index is 0. The van der Waals surface area contributed by atoms with Crippen LogP contribution in [0.15, 0.2) is 48.5 Å². The molecule has 4 nitrogen and oxygen atoms in total. The summed E-state index contributed by atoms with van der Waals surface area (Å²) in [6.45, 7) is 3.00. The van der Waals surface area contributed by atoms with Crippen molar-refractivity contribution in [3.05, 3.63) is 65.2 Å². The SMILES string of the molecule is COc1ccc(CCC(=O)NC(CCN(C)C)c2ccc(C)cc2)cc1.Cl. The van der Waals surface area contributed by atoms with Gasteiger partial charge in [0.1, 0.15) is 5.75 Å². The van der Waals surface area contributed by atoms with Gasteiger partial charge in [-0.1, -0.05) is 42.0 Å². The Bertz CT molecular complexity index is 684. The van der Waals surface area contributed by atoms with Gasteiger partial charge in [0.05, 0.1) is 13.2 Å². The minimum atomic E-state index is 0. The maximum atomic E-state index is 12.5. The van der Waals surface area contributed by atoms with Crippen molar-refractivity contribution in [1.82, 2.24) is 10.2 Å². The first-order valence-electron chi connectivity index (χ1n) is 9.11. The van der Waals surface area contributed by atoms with E-state index >= 15 is 0 Å². The highest BCUT2D eigenvalue weighted by Gasteiger charge is 2.15. The molecule has 1 N–H and O–H groups in total. The third kappa shape index (κ3) is 8.02. The summed E-state index contributed by atoms with van der Waals surface area (Å²) in [4.78, 5) is 14.6. The number of ether oxygens (including phenoxy) is 1. The van der Waals surface area contributed by atoms with Crippen LogP contribution < -0.4 is 10.1 Å². The summed E-state index contributed by atoms with van der Waals surface area (Å²) in [5.74, 6) is 0.923. The van der Waals surface area contributed by atoms with Crippen molar-refractivity contribution < 1.29 is 9.53 Å². The smallest absolute Gasteiger partial charge is 0.220 e. The number of methoxy groups -OCH3 is 1. The van der Waals surface area contributed by atoms with E-state index < -0.39 is 0 Å². The maximum Gasteiger partial charge on any atom is 0.220 e. The van der Waals surface area contributed by atoms with Crippen molar-refractivity contribution in [3.63, 3.8) is 0 Å². The van der Waals surface area contributed by atoms with Crippen LogP contribution in [-0.4, -0.2) is 38.6 Å². The molecule has 2 aromatic carbocycles. The lowest BCUT2D eigenvalue weighted by Crippen LogP contribution is -2.31. The Morgan fingerprint density at radius 3 is 2.26 bits per heavy atom. The van der Waals surface area contributed by atoms with E-state index in [1.54, 1.807) is 7.11 Å². The zero-order valence-electron chi connectivity index (χ0n) is 16.7. The summed E-state index contributed by atoms with van der Waals surface area (Å²) in [6, 6.07) is 16.3. The van der Waals surface area contributed by atoms with Crippen molar-refractivity contribution in [2.45, 2.75) is 32.2 Å². The van der Waals surface area contributed by atoms with Crippen LogP contribution in [0.4, 0.5) is 0 Å². The highest BCUT2D eigenvalue weighted by atomic mass is 35.5. The number of nitrogens with one attached hydrogen (secondary N) is 1. The topological polar surface area (TPSA) is 41.6 Å². The number of benzene rings is 2. The summed E-state index contributed by atoms with van der Waals surface area (Å²) >= 11 is 0. The molecular weight excluding hydrogens is 360 g/mol. The lowest BCUT2D eigenvalue weighted by molar-refractivity contribution is -0.121. The number of amides is 1. The van der Waals surface area contributed by atoms with E-state index in [2.05, 4.69) is 55.5 Å². The molecule has 2 rings (SSSR count). The zero-order chi connectivity index (χ0) is 18.9. The van der Waals surface area contributed by atoms with Crippen LogP contribution in [0.25, 0.3) is 0 Å². The Balaban J connectivity index is 0.00000364. The fourth-order valence-electron chi connectivity index (χ4n) is 2.82. The molecule has 0 radical (unpaired) electrons. The zero-order valence-corrected chi connectivity index (χ0v) is 17.5. The maximum absolute atomic E-state index is 12.5. The molecule has 27 heavy (non-hydrogen) atoms. The van der Waals surface area contributed by atoms with Crippen LogP contribution in [0.1, 0.15) is 35.6 Å². The molecule has 0 saturated heterocycles. The van der Waals surface area contributed by atoms with E-state index in [1.165, 1.54) is 5.56 Å². The summed E-state index contributed by atoms with van der Waals surface area (Å²) in [5, 5.41) is 3.21. The van der Waals surface area contributed by atoms with Gasteiger partial charge in [-0.05, 0) is 63.7 Å². The molecule has 0 aliphatic carbocycles. The van der Waals surface area contributed by atoms with Gasteiger partial charge < -0.3 is 15.0 Å². The van der Waals surface area contributed by atoms with Gasteiger partial charge in [0.15, 0.2) is 0 Å². The molecule has 0 aromatic heterocycles. The van der Waals surface area contributed by atoms with Gasteiger partial charge in [-0.2, -0.15) is 0 Å². The van der Waals surface area contributed by atoms with Gasteiger partial charge in [0.25, 0.3) is 0 Å². The number of carbonyl (C=O) groups excluding carboxylic acids is 1. The van der Waals surface area contributed by atoms with Crippen molar-refractivity contribution >= 4 is 18.3 Å². The molecule has 2 aromatic rings. The summed E-state index contributed by atoms with van der Waals surface area (Å²) < 4.78 is 5.17. The summed E-state index contributed by atoms with van der Waals surface area (Å²) in [6.07, 6.45) is 2.10. The molecule has 1 unspecified atom stereocenters. The monoisotopic (exact) mass is 390 g/mol. The predicted molar refractivity (Wildman–Crippen MR) is 114 cm³/mol. The van der Waals surface area contributed by atoms with Crippen LogP contribution >= 0.6 is 12.4 Å². The van der Waals surface area contributed by atoms with Gasteiger partial charge in [0, 0.05) is 6.42 Å². The molecule has 1 atom stereocenters. The second kappa shape index (κ2) is 11.6. The normalized spacial score (nSPS) is 11.6. The Hall–Kier alpha value is -2.04. The van der Waals surface area contributed by atoms with E-state index in [1.807, 2.05) is 24.3 Å². The molecule has 0 saturated carbocycles. The fourth-order valence-corrected chi connectivity index (χ4v) is 2.82. The lowest BCUT2D eigenvalue weighted by atomic mass is 10.0. The second-order valence-corrected chi connectivity index (χ2v) is 6.97. The van der Waals surface area contributed by atoms with E-state index in [4.69, 9.17) is 4.74 Å². The number of nitrogens with zero attached hydrogens (tertiary/aromatic N) is 1. The minimum Gasteiger partial charge on any atom is -0.497 e. The quantitative estimate of drug-likeness (QED) is 0.698. The van der Waals surface area contributed by atoms with Crippen molar-refractivity contribution in [3.8, 4) is 5.75 Å². The van der Waals surface area contributed by atoms with Crippen LogP contribution in [0, 0.1) is 6.92 Å². The third-order valence-corrected chi connectivity index (χ3v) is 4.48. The van der Waals surface area contributed by atoms with E-state index in [-0.39, 0.29) is 24.4 Å². The molecule has 148 valence electrons. The van der Waals surface area contributed by atoms with Crippen LogP contribution in [0.5, 0.6) is 5.75 Å². The first-order chi connectivity index (χ1) is 12.5. The molecule has 0 fully saturated rings. The summed E-state index contributed by atoms with van der Waals surface area (Å²) in [7, 11) is 5.76. The number of carbonyl (C=O) groups is 1. The Morgan fingerprint density at radius 1 is 1.07 bits per heavy atom. The van der Waals surface area contributed by atoms with Gasteiger partial charge in [0.2, 0.25) is 5.91 Å². The Morgan fingerprint density at radius 2 is 1.70 bits per heavy atom. The van der Waals surface area contributed by atoms with Gasteiger partial charge in [-0.25, -0.2) is 0 Å². The molecule has 0 spiro atoms. The Labute approximate surface area is 169 Å². The number of rotatable bonds is 9. The highest BCUT2D eigenvalue weighted by Crippen LogP contribution is 2.19. The average Bonchev–Trinajstić information content (AvgIpc) is 2.64. The van der Waals surface area contributed by atoms with Crippen LogP contribution in [-0.2, 0) is 11.2 Å². The number of aryl methyl sites for hydroxylation is 2. The van der Waals surface area contributed by atoms with Gasteiger partial charge >= 0.3 is 0 Å². The lowest BCUT2D eigenvalue weighted by Gasteiger charge is -2.21. The Kier molecular flexibility index (Phi) is 9.90. The second-order valence-electron chi connectivity index (χ2n) is 6.97.